The molecule has 0 aliphatic carbocycles. The number of benzene rings is 1. The highest BCUT2D eigenvalue weighted by molar-refractivity contribution is 5.89. The van der Waals surface area contributed by atoms with E-state index in [9.17, 15) is 9.90 Å². The lowest BCUT2D eigenvalue weighted by atomic mass is 10.1. The number of phenolic OH excluding ortho intramolecular Hbond substituents is 1. The van der Waals surface area contributed by atoms with E-state index < -0.39 is 0 Å². The van der Waals surface area contributed by atoms with Gasteiger partial charge in [-0.3, -0.25) is 4.79 Å². The first-order valence-electron chi connectivity index (χ1n) is 10.5. The number of phenols is 1. The quantitative estimate of drug-likeness (QED) is 0.623. The minimum atomic E-state index is 0.0474. The number of fused-ring (bicyclic) bond motifs is 1. The number of amides is 1. The number of imidazole rings is 1. The molecule has 0 radical (unpaired) electrons. The van der Waals surface area contributed by atoms with E-state index in [2.05, 4.69) is 15.2 Å². The smallest absolute Gasteiger partial charge is 0.242 e. The number of piperazine rings is 1. The van der Waals surface area contributed by atoms with Crippen molar-refractivity contribution in [3.8, 4) is 17.0 Å². The van der Waals surface area contributed by atoms with E-state index in [-0.39, 0.29) is 18.2 Å². The number of nitrogens with one attached hydrogen (secondary N) is 1. The molecular weight excluding hydrogens is 398 g/mol. The molecule has 0 unspecified atom stereocenters. The maximum Gasteiger partial charge on any atom is 0.242 e. The fraction of sp³-hybridized carbons (Fsp3) is 0.429. The number of anilines is 1. The third-order valence-corrected chi connectivity index (χ3v) is 5.64. The molecule has 2 N–H and O–H groups in total. The molecule has 0 saturated carbocycles. The highest BCUT2D eigenvalue weighted by Gasteiger charge is 2.22. The monoisotopic (exact) mass is 423 g/mol. The lowest BCUT2D eigenvalue weighted by Crippen LogP contribution is -2.47. The SMILES string of the molecule is O=C(Cn1cnc2c(-c3cccc(O)c3)nc(N3CCOCC3)nc21)N1CCNCC1. The number of nitrogens with zero attached hydrogens (tertiary/aromatic N) is 6. The number of carbonyl (C=O) groups excluding carboxylic acids is 1. The van der Waals surface area contributed by atoms with Crippen LogP contribution in [0.3, 0.4) is 0 Å². The highest BCUT2D eigenvalue weighted by Crippen LogP contribution is 2.29. The number of ether oxygens (including phenoxy) is 1. The van der Waals surface area contributed by atoms with E-state index in [1.165, 1.54) is 0 Å². The Bertz CT molecular complexity index is 1090. The summed E-state index contributed by atoms with van der Waals surface area (Å²) in [5, 5.41) is 13.2. The minimum absolute atomic E-state index is 0.0474. The Hall–Kier alpha value is -3.24. The van der Waals surface area contributed by atoms with E-state index in [0.717, 1.165) is 18.7 Å². The van der Waals surface area contributed by atoms with Crippen LogP contribution in [0.4, 0.5) is 5.95 Å². The minimum Gasteiger partial charge on any atom is -0.508 e. The highest BCUT2D eigenvalue weighted by atomic mass is 16.5. The molecule has 0 spiro atoms. The van der Waals surface area contributed by atoms with E-state index >= 15 is 0 Å². The van der Waals surface area contributed by atoms with E-state index in [1.807, 2.05) is 11.0 Å². The predicted molar refractivity (Wildman–Crippen MR) is 115 cm³/mol. The van der Waals surface area contributed by atoms with Gasteiger partial charge < -0.3 is 29.5 Å². The summed E-state index contributed by atoms with van der Waals surface area (Å²) < 4.78 is 7.25. The van der Waals surface area contributed by atoms with Crippen LogP contribution in [-0.2, 0) is 16.1 Å². The Balaban J connectivity index is 1.56. The van der Waals surface area contributed by atoms with E-state index in [4.69, 9.17) is 14.7 Å². The zero-order valence-electron chi connectivity index (χ0n) is 17.2. The van der Waals surface area contributed by atoms with Crippen LogP contribution in [0.5, 0.6) is 5.75 Å². The van der Waals surface area contributed by atoms with Crippen molar-refractivity contribution in [3.05, 3.63) is 30.6 Å². The molecule has 162 valence electrons. The summed E-state index contributed by atoms with van der Waals surface area (Å²) in [6.07, 6.45) is 1.65. The fourth-order valence-corrected chi connectivity index (χ4v) is 3.97. The Morgan fingerprint density at radius 1 is 1.13 bits per heavy atom. The molecule has 10 heteroatoms. The number of hydrogen-bond acceptors (Lipinski definition) is 8. The predicted octanol–water partition coefficient (Wildman–Crippen LogP) is 0.467. The normalized spacial score (nSPS) is 17.3. The lowest BCUT2D eigenvalue weighted by Gasteiger charge is -2.28. The van der Waals surface area contributed by atoms with Gasteiger partial charge in [0.2, 0.25) is 11.9 Å². The van der Waals surface area contributed by atoms with Crippen LogP contribution in [0.15, 0.2) is 30.6 Å². The van der Waals surface area contributed by atoms with Gasteiger partial charge in [0.25, 0.3) is 0 Å². The summed E-state index contributed by atoms with van der Waals surface area (Å²) in [7, 11) is 0. The van der Waals surface area contributed by atoms with Gasteiger partial charge in [-0.15, -0.1) is 0 Å². The molecule has 2 aliphatic rings. The molecule has 5 rings (SSSR count). The second-order valence-electron chi connectivity index (χ2n) is 7.70. The second-order valence-corrected chi connectivity index (χ2v) is 7.70. The number of rotatable bonds is 4. The van der Waals surface area contributed by atoms with Crippen LogP contribution in [-0.4, -0.2) is 87.9 Å². The van der Waals surface area contributed by atoms with Crippen molar-refractivity contribution in [2.75, 3.05) is 57.4 Å². The number of aromatic nitrogens is 4. The van der Waals surface area contributed by atoms with Crippen LogP contribution in [0.2, 0.25) is 0 Å². The molecular formula is C21H25N7O3. The summed E-state index contributed by atoms with van der Waals surface area (Å²) >= 11 is 0. The first kappa shape index (κ1) is 19.7. The van der Waals surface area contributed by atoms with Gasteiger partial charge in [0.1, 0.15) is 23.5 Å². The average molecular weight is 423 g/mol. The summed E-state index contributed by atoms with van der Waals surface area (Å²) in [5.74, 6) is 0.780. The molecule has 31 heavy (non-hydrogen) atoms. The Morgan fingerprint density at radius 3 is 2.71 bits per heavy atom. The third-order valence-electron chi connectivity index (χ3n) is 5.64. The molecule has 2 aliphatic heterocycles. The van der Waals surface area contributed by atoms with Crippen molar-refractivity contribution in [2.24, 2.45) is 0 Å². The van der Waals surface area contributed by atoms with E-state index in [0.29, 0.717) is 62.2 Å². The van der Waals surface area contributed by atoms with Crippen LogP contribution < -0.4 is 10.2 Å². The van der Waals surface area contributed by atoms with Crippen molar-refractivity contribution in [1.29, 1.82) is 0 Å². The van der Waals surface area contributed by atoms with E-state index in [1.54, 1.807) is 29.1 Å². The Kier molecular flexibility index (Phi) is 5.39. The summed E-state index contributed by atoms with van der Waals surface area (Å²) in [5.41, 5.74) is 2.60. The van der Waals surface area contributed by atoms with Gasteiger partial charge in [0, 0.05) is 44.8 Å². The maximum atomic E-state index is 12.8. The molecule has 2 aromatic heterocycles. The zero-order chi connectivity index (χ0) is 21.2. The molecule has 10 nitrogen and oxygen atoms in total. The first-order valence-corrected chi connectivity index (χ1v) is 10.5. The molecule has 1 aromatic carbocycles. The molecule has 3 aromatic rings. The number of aromatic hydroxyl groups is 1. The van der Waals surface area contributed by atoms with Gasteiger partial charge in [0.15, 0.2) is 5.65 Å². The number of hydrogen-bond donors (Lipinski definition) is 2. The molecule has 0 atom stereocenters. The molecule has 4 heterocycles. The molecule has 1 amide bonds. The third kappa shape index (κ3) is 4.04. The van der Waals surface area contributed by atoms with Gasteiger partial charge in [-0.25, -0.2) is 9.97 Å². The topological polar surface area (TPSA) is 109 Å². The van der Waals surface area contributed by atoms with Gasteiger partial charge >= 0.3 is 0 Å². The van der Waals surface area contributed by atoms with Gasteiger partial charge in [0.05, 0.1) is 19.5 Å². The van der Waals surface area contributed by atoms with Gasteiger partial charge in [-0.05, 0) is 12.1 Å². The van der Waals surface area contributed by atoms with Crippen molar-refractivity contribution in [1.82, 2.24) is 29.7 Å². The van der Waals surface area contributed by atoms with Gasteiger partial charge in [-0.2, -0.15) is 4.98 Å². The first-order chi connectivity index (χ1) is 15.2. The summed E-state index contributed by atoms with van der Waals surface area (Å²) in [6.45, 7) is 5.81. The van der Waals surface area contributed by atoms with Crippen LogP contribution in [0, 0.1) is 0 Å². The largest absolute Gasteiger partial charge is 0.508 e. The van der Waals surface area contributed by atoms with Crippen molar-refractivity contribution in [3.63, 3.8) is 0 Å². The number of morpholine rings is 1. The van der Waals surface area contributed by atoms with Crippen molar-refractivity contribution >= 4 is 23.0 Å². The standard InChI is InChI=1S/C21H25N7O3/c29-16-3-1-2-15(12-16)18-19-20(25-21(24-18)27-8-10-31-11-9-27)28(14-23-19)13-17(30)26-6-4-22-5-7-26/h1-3,12,14,22,29H,4-11,13H2. The molecule has 2 saturated heterocycles. The number of carbonyl (C=O) groups is 1. The van der Waals surface area contributed by atoms with Crippen molar-refractivity contribution in [2.45, 2.75) is 6.54 Å². The molecule has 0 bridgehead atoms. The Labute approximate surface area is 179 Å². The van der Waals surface area contributed by atoms with Crippen molar-refractivity contribution < 1.29 is 14.6 Å². The fourth-order valence-electron chi connectivity index (χ4n) is 3.97. The zero-order valence-corrected chi connectivity index (χ0v) is 17.2. The maximum absolute atomic E-state index is 12.8. The summed E-state index contributed by atoms with van der Waals surface area (Å²) in [4.78, 5) is 30.9. The van der Waals surface area contributed by atoms with Crippen LogP contribution in [0.1, 0.15) is 0 Å². The average Bonchev–Trinajstić information content (AvgIpc) is 3.22. The van der Waals surface area contributed by atoms with Gasteiger partial charge in [-0.1, -0.05) is 12.1 Å². The summed E-state index contributed by atoms with van der Waals surface area (Å²) in [6, 6.07) is 6.94. The van der Waals surface area contributed by atoms with Crippen LogP contribution >= 0.6 is 0 Å². The second kappa shape index (κ2) is 8.48. The Morgan fingerprint density at radius 2 is 1.94 bits per heavy atom. The molecule has 2 fully saturated rings. The lowest BCUT2D eigenvalue weighted by molar-refractivity contribution is -0.132. The van der Waals surface area contributed by atoms with Crippen LogP contribution in [0.25, 0.3) is 22.4 Å².